The van der Waals surface area contributed by atoms with Gasteiger partial charge in [0.05, 0.1) is 18.7 Å². The maximum atomic E-state index is 6.37. The van der Waals surface area contributed by atoms with Gasteiger partial charge in [0.15, 0.2) is 11.5 Å². The fourth-order valence-electron chi connectivity index (χ4n) is 2.64. The van der Waals surface area contributed by atoms with Crippen LogP contribution >= 0.6 is 11.6 Å². The molecule has 3 nitrogen and oxygen atoms in total. The number of benzene rings is 2. The highest BCUT2D eigenvalue weighted by atomic mass is 35.5. The van der Waals surface area contributed by atoms with Gasteiger partial charge in [-0.3, -0.25) is 0 Å². The van der Waals surface area contributed by atoms with Crippen molar-refractivity contribution in [3.63, 3.8) is 0 Å². The number of rotatable bonds is 10. The highest BCUT2D eigenvalue weighted by Gasteiger charge is 2.12. The van der Waals surface area contributed by atoms with E-state index in [1.165, 1.54) is 5.56 Å². The lowest BCUT2D eigenvalue weighted by atomic mass is 10.1. The molecule has 0 bridgehead atoms. The highest BCUT2D eigenvalue weighted by molar-refractivity contribution is 6.32. The van der Waals surface area contributed by atoms with Crippen molar-refractivity contribution in [2.45, 2.75) is 45.7 Å². The molecular formula is C21H28ClNO2. The first-order valence-electron chi connectivity index (χ1n) is 8.90. The molecule has 1 N–H and O–H groups in total. The molecule has 2 rings (SSSR count). The quantitative estimate of drug-likeness (QED) is 0.627. The van der Waals surface area contributed by atoms with Crippen molar-refractivity contribution < 1.29 is 9.47 Å². The van der Waals surface area contributed by atoms with Gasteiger partial charge >= 0.3 is 0 Å². The van der Waals surface area contributed by atoms with Gasteiger partial charge in [-0.05, 0) is 49.4 Å². The zero-order valence-corrected chi connectivity index (χ0v) is 16.1. The maximum absolute atomic E-state index is 6.37. The van der Waals surface area contributed by atoms with Crippen molar-refractivity contribution in [1.82, 2.24) is 5.32 Å². The normalized spacial score (nSPS) is 12.0. The molecule has 1 atom stereocenters. The summed E-state index contributed by atoms with van der Waals surface area (Å²) in [6, 6.07) is 14.9. The molecule has 0 fully saturated rings. The summed E-state index contributed by atoms with van der Waals surface area (Å²) < 4.78 is 11.1. The maximum Gasteiger partial charge on any atom is 0.179 e. The van der Waals surface area contributed by atoms with Gasteiger partial charge in [-0.2, -0.15) is 0 Å². The Bertz CT molecular complexity index is 646. The molecule has 136 valence electrons. The molecule has 0 heterocycles. The van der Waals surface area contributed by atoms with Gasteiger partial charge < -0.3 is 14.8 Å². The fourth-order valence-corrected chi connectivity index (χ4v) is 2.93. The number of nitrogens with one attached hydrogen (secondary N) is 1. The lowest BCUT2D eigenvalue weighted by Crippen LogP contribution is -2.26. The molecule has 2 aromatic carbocycles. The lowest BCUT2D eigenvalue weighted by molar-refractivity contribution is 0.294. The van der Waals surface area contributed by atoms with Crippen LogP contribution in [0.2, 0.25) is 5.02 Å². The smallest absolute Gasteiger partial charge is 0.179 e. The predicted octanol–water partition coefficient (Wildman–Crippen LogP) is 5.25. The van der Waals surface area contributed by atoms with Crippen molar-refractivity contribution in [2.75, 3.05) is 13.7 Å². The summed E-state index contributed by atoms with van der Waals surface area (Å²) in [5.74, 6) is 1.32. The van der Waals surface area contributed by atoms with Crippen LogP contribution in [0.25, 0.3) is 0 Å². The van der Waals surface area contributed by atoms with Crippen LogP contribution in [0.4, 0.5) is 0 Å². The molecule has 0 aliphatic rings. The van der Waals surface area contributed by atoms with E-state index < -0.39 is 0 Å². The van der Waals surface area contributed by atoms with E-state index in [9.17, 15) is 0 Å². The van der Waals surface area contributed by atoms with Gasteiger partial charge in [-0.25, -0.2) is 0 Å². The van der Waals surface area contributed by atoms with Gasteiger partial charge in [0.2, 0.25) is 0 Å². The zero-order valence-electron chi connectivity index (χ0n) is 15.3. The third-order valence-corrected chi connectivity index (χ3v) is 4.38. The number of hydrogen-bond donors (Lipinski definition) is 1. The molecule has 1 unspecified atom stereocenters. The van der Waals surface area contributed by atoms with Crippen molar-refractivity contribution in [2.24, 2.45) is 0 Å². The SMILES string of the molecule is CCCOc1c(Cl)cc(CNC(C)CCc2ccccc2)cc1OC. The number of halogens is 1. The van der Waals surface area contributed by atoms with E-state index in [-0.39, 0.29) is 0 Å². The molecule has 4 heteroatoms. The Morgan fingerprint density at radius 1 is 1.12 bits per heavy atom. The van der Waals surface area contributed by atoms with Crippen LogP contribution in [0, 0.1) is 0 Å². The van der Waals surface area contributed by atoms with Gasteiger partial charge in [-0.1, -0.05) is 48.9 Å². The van der Waals surface area contributed by atoms with Crippen LogP contribution in [-0.4, -0.2) is 19.8 Å². The van der Waals surface area contributed by atoms with E-state index in [0.717, 1.165) is 31.4 Å². The monoisotopic (exact) mass is 361 g/mol. The Morgan fingerprint density at radius 2 is 1.88 bits per heavy atom. The highest BCUT2D eigenvalue weighted by Crippen LogP contribution is 2.36. The molecule has 2 aromatic rings. The fraction of sp³-hybridized carbons (Fsp3) is 0.429. The summed E-state index contributed by atoms with van der Waals surface area (Å²) in [5, 5.41) is 4.15. The molecule has 0 saturated heterocycles. The van der Waals surface area contributed by atoms with Gasteiger partial charge in [0, 0.05) is 12.6 Å². The zero-order chi connectivity index (χ0) is 18.1. The Kier molecular flexibility index (Phi) is 8.10. The third kappa shape index (κ3) is 6.26. The minimum Gasteiger partial charge on any atom is -0.493 e. The first-order valence-corrected chi connectivity index (χ1v) is 9.28. The summed E-state index contributed by atoms with van der Waals surface area (Å²) in [7, 11) is 1.64. The number of methoxy groups -OCH3 is 1. The van der Waals surface area contributed by atoms with Crippen LogP contribution in [-0.2, 0) is 13.0 Å². The second-order valence-corrected chi connectivity index (χ2v) is 6.67. The molecule has 0 saturated carbocycles. The molecule has 0 aliphatic heterocycles. The summed E-state index contributed by atoms with van der Waals surface area (Å²) in [6.45, 7) is 5.65. The first kappa shape index (κ1) is 19.6. The van der Waals surface area contributed by atoms with Crippen molar-refractivity contribution in [3.8, 4) is 11.5 Å². The largest absolute Gasteiger partial charge is 0.493 e. The van der Waals surface area contributed by atoms with Crippen LogP contribution in [0.15, 0.2) is 42.5 Å². The summed E-state index contributed by atoms with van der Waals surface area (Å²) in [4.78, 5) is 0. The van der Waals surface area contributed by atoms with E-state index in [4.69, 9.17) is 21.1 Å². The van der Waals surface area contributed by atoms with Crippen LogP contribution in [0.3, 0.4) is 0 Å². The van der Waals surface area contributed by atoms with E-state index in [1.54, 1.807) is 7.11 Å². The number of ether oxygens (including phenoxy) is 2. The minimum absolute atomic E-state index is 0.418. The molecular weight excluding hydrogens is 334 g/mol. The van der Waals surface area contributed by atoms with E-state index in [2.05, 4.69) is 49.5 Å². The Hall–Kier alpha value is -1.71. The first-order chi connectivity index (χ1) is 12.1. The van der Waals surface area contributed by atoms with Gasteiger partial charge in [0.1, 0.15) is 0 Å². The molecule has 0 amide bonds. The predicted molar refractivity (Wildman–Crippen MR) is 105 cm³/mol. The Balaban J connectivity index is 1.90. The molecule has 0 aromatic heterocycles. The average molecular weight is 362 g/mol. The van der Waals surface area contributed by atoms with Crippen LogP contribution < -0.4 is 14.8 Å². The molecule has 0 radical (unpaired) electrons. The van der Waals surface area contributed by atoms with Gasteiger partial charge in [0.25, 0.3) is 0 Å². The van der Waals surface area contributed by atoms with Crippen LogP contribution in [0.5, 0.6) is 11.5 Å². The summed E-state index contributed by atoms with van der Waals surface area (Å²) in [5.41, 5.74) is 2.47. The second-order valence-electron chi connectivity index (χ2n) is 6.26. The molecule has 0 spiro atoms. The minimum atomic E-state index is 0.418. The van der Waals surface area contributed by atoms with Crippen molar-refractivity contribution in [3.05, 3.63) is 58.6 Å². The van der Waals surface area contributed by atoms with Crippen molar-refractivity contribution in [1.29, 1.82) is 0 Å². The molecule has 25 heavy (non-hydrogen) atoms. The lowest BCUT2D eigenvalue weighted by Gasteiger charge is -2.16. The second kappa shape index (κ2) is 10.3. The topological polar surface area (TPSA) is 30.5 Å². The molecule has 0 aliphatic carbocycles. The summed E-state index contributed by atoms with van der Waals surface area (Å²) in [6.07, 6.45) is 3.09. The number of hydrogen-bond acceptors (Lipinski definition) is 3. The third-order valence-electron chi connectivity index (χ3n) is 4.10. The van der Waals surface area contributed by atoms with Crippen molar-refractivity contribution >= 4 is 11.6 Å². The summed E-state index contributed by atoms with van der Waals surface area (Å²) >= 11 is 6.37. The Labute approximate surface area is 156 Å². The standard InChI is InChI=1S/C21H28ClNO2/c1-4-12-25-21-19(22)13-18(14-20(21)24-3)15-23-16(2)10-11-17-8-6-5-7-9-17/h5-9,13-14,16,23H,4,10-12,15H2,1-3H3. The number of aryl methyl sites for hydroxylation is 1. The van der Waals surface area contributed by atoms with E-state index in [0.29, 0.717) is 29.2 Å². The van der Waals surface area contributed by atoms with Crippen LogP contribution in [0.1, 0.15) is 37.8 Å². The van der Waals surface area contributed by atoms with Gasteiger partial charge in [-0.15, -0.1) is 0 Å². The Morgan fingerprint density at radius 3 is 2.56 bits per heavy atom. The van der Waals surface area contributed by atoms with E-state index >= 15 is 0 Å². The van der Waals surface area contributed by atoms with E-state index in [1.807, 2.05) is 12.1 Å². The average Bonchev–Trinajstić information content (AvgIpc) is 2.64.